The van der Waals surface area contributed by atoms with E-state index in [1.165, 1.54) is 7.11 Å². The molecule has 0 fully saturated rings. The summed E-state index contributed by atoms with van der Waals surface area (Å²) in [6.07, 6.45) is 0.630. The Hall–Kier alpha value is -2.04. The van der Waals surface area contributed by atoms with Gasteiger partial charge in [0, 0.05) is 17.1 Å². The summed E-state index contributed by atoms with van der Waals surface area (Å²) in [5, 5.41) is 2.80. The molecule has 23 heavy (non-hydrogen) atoms. The quantitative estimate of drug-likeness (QED) is 0.807. The van der Waals surface area contributed by atoms with E-state index in [0.717, 1.165) is 5.56 Å². The van der Waals surface area contributed by atoms with Gasteiger partial charge in [0.2, 0.25) is 0 Å². The molecular weight excluding hydrogens is 337 g/mol. The lowest BCUT2D eigenvalue weighted by molar-refractivity contribution is 0.0950. The maximum atomic E-state index is 12.2. The summed E-state index contributed by atoms with van der Waals surface area (Å²) in [5.74, 6) is 0.216. The summed E-state index contributed by atoms with van der Waals surface area (Å²) in [6, 6.07) is 11.8. The first-order valence-corrected chi connectivity index (χ1v) is 7.67. The molecule has 0 aliphatic heterocycles. The number of nitrogens with one attached hydrogen (secondary N) is 1. The number of benzene rings is 2. The van der Waals surface area contributed by atoms with Crippen molar-refractivity contribution >= 4 is 34.4 Å². The molecule has 0 saturated carbocycles. The highest BCUT2D eigenvalue weighted by atomic mass is 35.5. The van der Waals surface area contributed by atoms with Gasteiger partial charge in [-0.3, -0.25) is 9.59 Å². The Morgan fingerprint density at radius 1 is 1.13 bits per heavy atom. The van der Waals surface area contributed by atoms with E-state index in [9.17, 15) is 9.59 Å². The highest BCUT2D eigenvalue weighted by Gasteiger charge is 2.12. The van der Waals surface area contributed by atoms with Crippen molar-refractivity contribution in [2.24, 2.45) is 0 Å². The molecule has 0 unspecified atom stereocenters. The van der Waals surface area contributed by atoms with Gasteiger partial charge in [0.05, 0.1) is 12.7 Å². The van der Waals surface area contributed by atoms with Gasteiger partial charge in [-0.25, -0.2) is 0 Å². The zero-order chi connectivity index (χ0) is 16.8. The number of halogens is 2. The van der Waals surface area contributed by atoms with Crippen LogP contribution in [0.15, 0.2) is 42.5 Å². The van der Waals surface area contributed by atoms with Crippen LogP contribution >= 0.6 is 23.2 Å². The smallest absolute Gasteiger partial charge is 0.255 e. The molecule has 1 amide bonds. The van der Waals surface area contributed by atoms with Crippen molar-refractivity contribution in [3.05, 3.63) is 64.2 Å². The Bertz CT molecular complexity index is 714. The number of hydrogen-bond donors (Lipinski definition) is 1. The molecule has 2 aromatic carbocycles. The molecule has 0 bridgehead atoms. The van der Waals surface area contributed by atoms with Gasteiger partial charge in [0.15, 0.2) is 0 Å². The maximum Gasteiger partial charge on any atom is 0.255 e. The number of amides is 1. The molecule has 0 aliphatic rings. The van der Waals surface area contributed by atoms with Crippen LogP contribution in [-0.2, 0) is 6.42 Å². The van der Waals surface area contributed by atoms with E-state index in [-0.39, 0.29) is 5.91 Å². The van der Waals surface area contributed by atoms with Crippen LogP contribution in [0, 0.1) is 0 Å². The van der Waals surface area contributed by atoms with Gasteiger partial charge in [-0.2, -0.15) is 0 Å². The highest BCUT2D eigenvalue weighted by molar-refractivity contribution is 6.67. The number of carbonyl (C=O) groups is 2. The van der Waals surface area contributed by atoms with Gasteiger partial charge < -0.3 is 10.1 Å². The largest absolute Gasteiger partial charge is 0.496 e. The molecule has 4 nitrogen and oxygen atoms in total. The Balaban J connectivity index is 1.94. The summed E-state index contributed by atoms with van der Waals surface area (Å²) in [5.41, 5.74) is 1.83. The average Bonchev–Trinajstić information content (AvgIpc) is 2.55. The first kappa shape index (κ1) is 17.3. The number of methoxy groups -OCH3 is 1. The molecule has 2 rings (SSSR count). The third-order valence-corrected chi connectivity index (χ3v) is 3.74. The van der Waals surface area contributed by atoms with Crippen LogP contribution in [0.2, 0.25) is 5.02 Å². The topological polar surface area (TPSA) is 55.4 Å². The average molecular weight is 352 g/mol. The highest BCUT2D eigenvalue weighted by Crippen LogP contribution is 2.22. The summed E-state index contributed by atoms with van der Waals surface area (Å²) < 4.78 is 5.16. The minimum Gasteiger partial charge on any atom is -0.496 e. The molecule has 0 aliphatic carbocycles. The molecule has 0 atom stereocenters. The number of rotatable bonds is 6. The second-order valence-corrected chi connectivity index (χ2v) is 5.60. The molecule has 0 aromatic heterocycles. The van der Waals surface area contributed by atoms with Crippen molar-refractivity contribution in [1.82, 2.24) is 5.32 Å². The van der Waals surface area contributed by atoms with Gasteiger partial charge in [-0.05, 0) is 53.9 Å². The molecule has 0 spiro atoms. The second kappa shape index (κ2) is 7.99. The van der Waals surface area contributed by atoms with Gasteiger partial charge in [-0.1, -0.05) is 23.7 Å². The van der Waals surface area contributed by atoms with Crippen molar-refractivity contribution in [2.45, 2.75) is 6.42 Å². The molecule has 120 valence electrons. The lowest BCUT2D eigenvalue weighted by atomic mass is 10.1. The molecule has 6 heteroatoms. The Morgan fingerprint density at radius 3 is 2.43 bits per heavy atom. The van der Waals surface area contributed by atoms with Crippen LogP contribution in [-0.4, -0.2) is 24.8 Å². The van der Waals surface area contributed by atoms with E-state index < -0.39 is 5.24 Å². The van der Waals surface area contributed by atoms with Crippen molar-refractivity contribution in [1.29, 1.82) is 0 Å². The van der Waals surface area contributed by atoms with Crippen molar-refractivity contribution in [3.8, 4) is 5.75 Å². The van der Waals surface area contributed by atoms with Crippen molar-refractivity contribution in [3.63, 3.8) is 0 Å². The third-order valence-electron chi connectivity index (χ3n) is 3.29. The zero-order valence-electron chi connectivity index (χ0n) is 12.4. The Kier molecular flexibility index (Phi) is 6.02. The maximum absolute atomic E-state index is 12.2. The summed E-state index contributed by atoms with van der Waals surface area (Å²) in [4.78, 5) is 23.2. The standard InChI is InChI=1S/C17H15Cl2NO3/c1-23-15-7-6-13(18)10-14(15)17(22)20-9-8-11-2-4-12(5-3-11)16(19)21/h2-7,10H,8-9H2,1H3,(H,20,22). The molecule has 0 radical (unpaired) electrons. The summed E-state index contributed by atoms with van der Waals surface area (Å²) in [7, 11) is 1.50. The molecule has 0 saturated heterocycles. The van der Waals surface area contributed by atoms with Crippen LogP contribution in [0.25, 0.3) is 0 Å². The van der Waals surface area contributed by atoms with Gasteiger partial charge in [-0.15, -0.1) is 0 Å². The number of ether oxygens (including phenoxy) is 1. The number of carbonyl (C=O) groups excluding carboxylic acids is 2. The zero-order valence-corrected chi connectivity index (χ0v) is 13.9. The van der Waals surface area contributed by atoms with Crippen LogP contribution in [0.3, 0.4) is 0 Å². The predicted molar refractivity (Wildman–Crippen MR) is 90.7 cm³/mol. The summed E-state index contributed by atoms with van der Waals surface area (Å²) >= 11 is 11.3. The normalized spacial score (nSPS) is 10.2. The lowest BCUT2D eigenvalue weighted by Crippen LogP contribution is -2.26. The minimum atomic E-state index is -0.488. The fourth-order valence-corrected chi connectivity index (χ4v) is 2.37. The summed E-state index contributed by atoms with van der Waals surface area (Å²) in [6.45, 7) is 0.447. The van der Waals surface area contributed by atoms with E-state index >= 15 is 0 Å². The first-order chi connectivity index (χ1) is 11.0. The lowest BCUT2D eigenvalue weighted by Gasteiger charge is -2.10. The van der Waals surface area contributed by atoms with Crippen molar-refractivity contribution in [2.75, 3.05) is 13.7 Å². The van der Waals surface area contributed by atoms with E-state index in [2.05, 4.69) is 5.32 Å². The Morgan fingerprint density at radius 2 is 1.83 bits per heavy atom. The van der Waals surface area contributed by atoms with Gasteiger partial charge >= 0.3 is 0 Å². The van der Waals surface area contributed by atoms with Crippen LogP contribution < -0.4 is 10.1 Å². The van der Waals surface area contributed by atoms with Crippen LogP contribution in [0.5, 0.6) is 5.75 Å². The Labute approximate surface area is 144 Å². The van der Waals surface area contributed by atoms with Gasteiger partial charge in [0.25, 0.3) is 11.1 Å². The molecule has 0 heterocycles. The third kappa shape index (κ3) is 4.71. The fraction of sp³-hybridized carbons (Fsp3) is 0.176. The van der Waals surface area contributed by atoms with E-state index in [1.807, 2.05) is 12.1 Å². The predicted octanol–water partition coefficient (Wildman–Crippen LogP) is 3.70. The molecular formula is C17H15Cl2NO3. The van der Waals surface area contributed by atoms with Crippen molar-refractivity contribution < 1.29 is 14.3 Å². The van der Waals surface area contributed by atoms with Crippen LogP contribution in [0.4, 0.5) is 0 Å². The number of hydrogen-bond acceptors (Lipinski definition) is 3. The SMILES string of the molecule is COc1ccc(Cl)cc1C(=O)NCCc1ccc(C(=O)Cl)cc1. The van der Waals surface area contributed by atoms with E-state index in [0.29, 0.717) is 34.9 Å². The van der Waals surface area contributed by atoms with E-state index in [1.54, 1.807) is 30.3 Å². The molecule has 2 aromatic rings. The monoisotopic (exact) mass is 351 g/mol. The first-order valence-electron chi connectivity index (χ1n) is 6.92. The van der Waals surface area contributed by atoms with Crippen LogP contribution in [0.1, 0.15) is 26.3 Å². The fourth-order valence-electron chi connectivity index (χ4n) is 2.08. The second-order valence-electron chi connectivity index (χ2n) is 4.82. The molecule has 1 N–H and O–H groups in total. The van der Waals surface area contributed by atoms with Gasteiger partial charge in [0.1, 0.15) is 5.75 Å². The minimum absolute atomic E-state index is 0.253. The van der Waals surface area contributed by atoms with E-state index in [4.69, 9.17) is 27.9 Å².